The van der Waals surface area contributed by atoms with E-state index in [4.69, 9.17) is 9.47 Å². The largest absolute Gasteiger partial charge is 0.461 e. The quantitative estimate of drug-likeness (QED) is 0.800. The number of esters is 2. The molecule has 0 aromatic carbocycles. The van der Waals surface area contributed by atoms with Crippen LogP contribution in [0.1, 0.15) is 44.9 Å². The molecule has 1 saturated heterocycles. The monoisotopic (exact) mass is 296 g/mol. The molecule has 0 aliphatic carbocycles. The Balaban J connectivity index is 2.25. The SMILES string of the molecule is CCC(C)(C)C(=O)OC1(c2cccs2)CCC(=O)OC1. The summed E-state index contributed by atoms with van der Waals surface area (Å²) in [7, 11) is 0. The molecule has 20 heavy (non-hydrogen) atoms. The molecule has 2 rings (SSSR count). The maximum absolute atomic E-state index is 12.4. The molecule has 1 aliphatic rings. The minimum Gasteiger partial charge on any atom is -0.461 e. The molecule has 1 aliphatic heterocycles. The zero-order valence-electron chi connectivity index (χ0n) is 12.1. The van der Waals surface area contributed by atoms with E-state index in [0.29, 0.717) is 12.8 Å². The van der Waals surface area contributed by atoms with Gasteiger partial charge in [0.1, 0.15) is 6.61 Å². The second-order valence-corrected chi connectivity index (χ2v) is 6.71. The molecule has 110 valence electrons. The second-order valence-electron chi connectivity index (χ2n) is 5.76. The van der Waals surface area contributed by atoms with Gasteiger partial charge in [-0.3, -0.25) is 9.59 Å². The van der Waals surface area contributed by atoms with Gasteiger partial charge in [-0.2, -0.15) is 0 Å². The van der Waals surface area contributed by atoms with Crippen LogP contribution < -0.4 is 0 Å². The van der Waals surface area contributed by atoms with Crippen molar-refractivity contribution < 1.29 is 19.1 Å². The van der Waals surface area contributed by atoms with Crippen LogP contribution in [0.3, 0.4) is 0 Å². The lowest BCUT2D eigenvalue weighted by Gasteiger charge is -2.37. The van der Waals surface area contributed by atoms with Crippen LogP contribution in [0.2, 0.25) is 0 Å². The molecular formula is C15H20O4S. The molecule has 0 saturated carbocycles. The van der Waals surface area contributed by atoms with E-state index in [1.807, 2.05) is 38.3 Å². The van der Waals surface area contributed by atoms with Crippen molar-refractivity contribution in [1.29, 1.82) is 0 Å². The Bertz CT molecular complexity index is 480. The van der Waals surface area contributed by atoms with Crippen molar-refractivity contribution >= 4 is 23.3 Å². The zero-order chi connectivity index (χ0) is 14.8. The molecule has 0 amide bonds. The highest BCUT2D eigenvalue weighted by Gasteiger charge is 2.44. The average Bonchev–Trinajstić information content (AvgIpc) is 2.96. The lowest BCUT2D eigenvalue weighted by Crippen LogP contribution is -2.44. The van der Waals surface area contributed by atoms with E-state index in [1.165, 1.54) is 11.3 Å². The van der Waals surface area contributed by atoms with E-state index in [2.05, 4.69) is 0 Å². The Morgan fingerprint density at radius 2 is 2.30 bits per heavy atom. The van der Waals surface area contributed by atoms with Gasteiger partial charge >= 0.3 is 11.9 Å². The van der Waals surface area contributed by atoms with Gasteiger partial charge in [0.15, 0.2) is 5.60 Å². The van der Waals surface area contributed by atoms with Gasteiger partial charge in [0.2, 0.25) is 0 Å². The number of thiophene rings is 1. The van der Waals surface area contributed by atoms with E-state index < -0.39 is 11.0 Å². The summed E-state index contributed by atoms with van der Waals surface area (Å²) in [6, 6.07) is 3.84. The van der Waals surface area contributed by atoms with Crippen LogP contribution in [0, 0.1) is 5.41 Å². The fraction of sp³-hybridized carbons (Fsp3) is 0.600. The summed E-state index contributed by atoms with van der Waals surface area (Å²) in [4.78, 5) is 24.6. The second kappa shape index (κ2) is 5.56. The molecule has 5 heteroatoms. The molecule has 4 nitrogen and oxygen atoms in total. The summed E-state index contributed by atoms with van der Waals surface area (Å²) in [5.41, 5.74) is -1.35. The third-order valence-electron chi connectivity index (χ3n) is 3.89. The van der Waals surface area contributed by atoms with Gasteiger partial charge < -0.3 is 9.47 Å². The molecule has 1 aromatic heterocycles. The zero-order valence-corrected chi connectivity index (χ0v) is 12.9. The normalized spacial score (nSPS) is 23.2. The van der Waals surface area contributed by atoms with Gasteiger partial charge in [-0.15, -0.1) is 11.3 Å². The first-order chi connectivity index (χ1) is 9.39. The van der Waals surface area contributed by atoms with Crippen molar-refractivity contribution in [3.05, 3.63) is 22.4 Å². The van der Waals surface area contributed by atoms with Crippen molar-refractivity contribution in [2.75, 3.05) is 6.61 Å². The third kappa shape index (κ3) is 2.87. The average molecular weight is 296 g/mol. The summed E-state index contributed by atoms with van der Waals surface area (Å²) < 4.78 is 11.0. The van der Waals surface area contributed by atoms with Crippen LogP contribution >= 0.6 is 11.3 Å². The smallest absolute Gasteiger partial charge is 0.312 e. The van der Waals surface area contributed by atoms with E-state index in [1.54, 1.807) is 0 Å². The first-order valence-electron chi connectivity index (χ1n) is 6.83. The molecule has 1 atom stereocenters. The lowest BCUT2D eigenvalue weighted by molar-refractivity contribution is -0.192. The number of cyclic esters (lactones) is 1. The standard InChI is InChI=1S/C15H20O4S/c1-4-14(2,3)13(17)19-15(11-6-5-9-20-11)8-7-12(16)18-10-15/h5-6,9H,4,7-8,10H2,1-3H3. The number of carbonyl (C=O) groups is 2. The maximum Gasteiger partial charge on any atom is 0.312 e. The summed E-state index contributed by atoms with van der Waals surface area (Å²) >= 11 is 1.52. The third-order valence-corrected chi connectivity index (χ3v) is 4.95. The fourth-order valence-electron chi connectivity index (χ4n) is 1.97. The summed E-state index contributed by atoms with van der Waals surface area (Å²) in [6.45, 7) is 5.80. The van der Waals surface area contributed by atoms with Crippen LogP contribution in [0.15, 0.2) is 17.5 Å². The van der Waals surface area contributed by atoms with Gasteiger partial charge in [-0.25, -0.2) is 0 Å². The number of rotatable bonds is 4. The van der Waals surface area contributed by atoms with Gasteiger partial charge in [0.25, 0.3) is 0 Å². The Morgan fingerprint density at radius 3 is 2.80 bits per heavy atom. The van der Waals surface area contributed by atoms with Crippen LogP contribution in [0.5, 0.6) is 0 Å². The van der Waals surface area contributed by atoms with E-state index in [0.717, 1.165) is 4.88 Å². The Labute approximate surface area is 123 Å². The molecule has 1 unspecified atom stereocenters. The molecule has 1 fully saturated rings. The molecule has 0 radical (unpaired) electrons. The van der Waals surface area contributed by atoms with Gasteiger partial charge in [0.05, 0.1) is 10.3 Å². The van der Waals surface area contributed by atoms with E-state index in [-0.39, 0.29) is 25.0 Å². The minimum atomic E-state index is -0.814. The maximum atomic E-state index is 12.4. The number of carbonyl (C=O) groups excluding carboxylic acids is 2. The van der Waals surface area contributed by atoms with E-state index in [9.17, 15) is 9.59 Å². The number of hydrogen-bond acceptors (Lipinski definition) is 5. The van der Waals surface area contributed by atoms with Crippen molar-refractivity contribution in [1.82, 2.24) is 0 Å². The summed E-state index contributed by atoms with van der Waals surface area (Å²) in [5.74, 6) is -0.477. The molecule has 0 N–H and O–H groups in total. The highest BCUT2D eigenvalue weighted by atomic mass is 32.1. The van der Waals surface area contributed by atoms with Crippen molar-refractivity contribution in [3.63, 3.8) is 0 Å². The Morgan fingerprint density at radius 1 is 1.55 bits per heavy atom. The Kier molecular flexibility index (Phi) is 4.18. The van der Waals surface area contributed by atoms with Gasteiger partial charge in [-0.1, -0.05) is 13.0 Å². The summed E-state index contributed by atoms with van der Waals surface area (Å²) in [6.07, 6.45) is 1.46. The van der Waals surface area contributed by atoms with Crippen LogP contribution in [0.4, 0.5) is 0 Å². The van der Waals surface area contributed by atoms with Crippen molar-refractivity contribution in [3.8, 4) is 0 Å². The summed E-state index contributed by atoms with van der Waals surface area (Å²) in [5, 5.41) is 1.94. The first kappa shape index (κ1) is 15.0. The van der Waals surface area contributed by atoms with Gasteiger partial charge in [0, 0.05) is 12.8 Å². The van der Waals surface area contributed by atoms with E-state index >= 15 is 0 Å². The molecule has 1 aromatic rings. The fourth-order valence-corrected chi connectivity index (χ4v) is 2.85. The predicted octanol–water partition coefficient (Wildman–Crippen LogP) is 3.26. The van der Waals surface area contributed by atoms with Crippen molar-refractivity contribution in [2.24, 2.45) is 5.41 Å². The van der Waals surface area contributed by atoms with Crippen LogP contribution in [0.25, 0.3) is 0 Å². The number of hydrogen-bond donors (Lipinski definition) is 0. The first-order valence-corrected chi connectivity index (χ1v) is 7.71. The topological polar surface area (TPSA) is 52.6 Å². The predicted molar refractivity (Wildman–Crippen MR) is 76.4 cm³/mol. The molecule has 0 bridgehead atoms. The lowest BCUT2D eigenvalue weighted by atomic mass is 9.89. The highest BCUT2D eigenvalue weighted by molar-refractivity contribution is 7.10. The van der Waals surface area contributed by atoms with Crippen LogP contribution in [-0.2, 0) is 24.7 Å². The molecular weight excluding hydrogens is 276 g/mol. The highest BCUT2D eigenvalue weighted by Crippen LogP contribution is 2.39. The van der Waals surface area contributed by atoms with Crippen molar-refractivity contribution in [2.45, 2.75) is 45.6 Å². The molecule has 0 spiro atoms. The number of ether oxygens (including phenoxy) is 2. The van der Waals surface area contributed by atoms with Crippen LogP contribution in [-0.4, -0.2) is 18.5 Å². The molecule has 2 heterocycles. The Hall–Kier alpha value is -1.36. The van der Waals surface area contributed by atoms with Gasteiger partial charge in [-0.05, 0) is 31.7 Å². The minimum absolute atomic E-state index is 0.109.